The highest BCUT2D eigenvalue weighted by Crippen LogP contribution is 2.31. The van der Waals surface area contributed by atoms with Gasteiger partial charge in [-0.05, 0) is 30.2 Å². The highest BCUT2D eigenvalue weighted by Gasteiger charge is 2.36. The molecule has 100 valence electrons. The zero-order chi connectivity index (χ0) is 13.1. The second-order valence-corrected chi connectivity index (χ2v) is 6.40. The highest BCUT2D eigenvalue weighted by molar-refractivity contribution is 7.09. The van der Waals surface area contributed by atoms with Crippen LogP contribution in [0.3, 0.4) is 0 Å². The van der Waals surface area contributed by atoms with Crippen LogP contribution >= 0.6 is 11.3 Å². The fourth-order valence-electron chi connectivity index (χ4n) is 2.21. The van der Waals surface area contributed by atoms with Crippen molar-refractivity contribution in [1.29, 1.82) is 0 Å². The Morgan fingerprint density at radius 2 is 2.28 bits per heavy atom. The maximum absolute atomic E-state index is 12.6. The lowest BCUT2D eigenvalue weighted by Crippen LogP contribution is -2.42. The van der Waals surface area contributed by atoms with E-state index < -0.39 is 0 Å². The zero-order valence-electron chi connectivity index (χ0n) is 11.1. The Balaban J connectivity index is 2.07. The van der Waals surface area contributed by atoms with Crippen LogP contribution in [-0.2, 0) is 11.3 Å². The topological polar surface area (TPSA) is 46.3 Å². The molecule has 0 bridgehead atoms. The van der Waals surface area contributed by atoms with E-state index >= 15 is 0 Å². The molecule has 1 unspecified atom stereocenters. The molecule has 1 amide bonds. The van der Waals surface area contributed by atoms with E-state index in [0.29, 0.717) is 18.5 Å². The van der Waals surface area contributed by atoms with Gasteiger partial charge in [0.15, 0.2) is 0 Å². The van der Waals surface area contributed by atoms with Gasteiger partial charge in [-0.15, -0.1) is 11.3 Å². The zero-order valence-corrected chi connectivity index (χ0v) is 12.0. The first-order valence-corrected chi connectivity index (χ1v) is 7.54. The molecule has 1 atom stereocenters. The minimum absolute atomic E-state index is 0.0365. The van der Waals surface area contributed by atoms with Crippen molar-refractivity contribution in [3.8, 4) is 0 Å². The average molecular weight is 266 g/mol. The highest BCUT2D eigenvalue weighted by atomic mass is 32.1. The summed E-state index contributed by atoms with van der Waals surface area (Å²) < 4.78 is 0. The molecule has 3 nitrogen and oxygen atoms in total. The lowest BCUT2D eigenvalue weighted by molar-refractivity contribution is -0.137. The van der Waals surface area contributed by atoms with Gasteiger partial charge in [-0.25, -0.2) is 0 Å². The number of nitrogens with two attached hydrogens (primary N) is 1. The number of hydrogen-bond donors (Lipinski definition) is 1. The predicted molar refractivity (Wildman–Crippen MR) is 75.3 cm³/mol. The lowest BCUT2D eigenvalue weighted by Gasteiger charge is -2.28. The SMILES string of the molecule is CC(C)C(CN)C(=O)N(Cc1cccs1)C1CC1. The van der Waals surface area contributed by atoms with E-state index in [2.05, 4.69) is 25.3 Å². The molecular weight excluding hydrogens is 244 g/mol. The summed E-state index contributed by atoms with van der Waals surface area (Å²) in [6.07, 6.45) is 2.29. The van der Waals surface area contributed by atoms with Gasteiger partial charge in [0.2, 0.25) is 5.91 Å². The third-order valence-electron chi connectivity index (χ3n) is 3.55. The Bertz CT molecular complexity index is 385. The van der Waals surface area contributed by atoms with Crippen LogP contribution in [0.25, 0.3) is 0 Å². The smallest absolute Gasteiger partial charge is 0.227 e. The molecule has 1 aliphatic carbocycles. The molecule has 0 aliphatic heterocycles. The van der Waals surface area contributed by atoms with Gasteiger partial charge in [0, 0.05) is 17.5 Å². The molecule has 1 heterocycles. The number of amides is 1. The quantitative estimate of drug-likeness (QED) is 0.860. The van der Waals surface area contributed by atoms with E-state index in [9.17, 15) is 4.79 Å². The van der Waals surface area contributed by atoms with Crippen molar-refractivity contribution in [3.63, 3.8) is 0 Å². The van der Waals surface area contributed by atoms with Gasteiger partial charge in [0.25, 0.3) is 0 Å². The third-order valence-corrected chi connectivity index (χ3v) is 4.41. The summed E-state index contributed by atoms with van der Waals surface area (Å²) in [5.41, 5.74) is 5.76. The molecule has 2 rings (SSSR count). The first-order chi connectivity index (χ1) is 8.63. The Kier molecular flexibility index (Phi) is 4.40. The average Bonchev–Trinajstić information content (AvgIpc) is 3.03. The van der Waals surface area contributed by atoms with Crippen molar-refractivity contribution in [3.05, 3.63) is 22.4 Å². The Morgan fingerprint density at radius 3 is 2.72 bits per heavy atom. The number of carbonyl (C=O) groups excluding carboxylic acids is 1. The lowest BCUT2D eigenvalue weighted by atomic mass is 9.94. The molecule has 2 N–H and O–H groups in total. The van der Waals surface area contributed by atoms with Crippen molar-refractivity contribution in [2.24, 2.45) is 17.6 Å². The molecular formula is C14H22N2OS. The minimum Gasteiger partial charge on any atom is -0.334 e. The number of thiophene rings is 1. The van der Waals surface area contributed by atoms with E-state index in [4.69, 9.17) is 5.73 Å². The maximum atomic E-state index is 12.6. The molecule has 1 fully saturated rings. The Labute approximate surface area is 113 Å². The second-order valence-electron chi connectivity index (χ2n) is 5.36. The van der Waals surface area contributed by atoms with Crippen LogP contribution in [-0.4, -0.2) is 23.4 Å². The monoisotopic (exact) mass is 266 g/mol. The number of hydrogen-bond acceptors (Lipinski definition) is 3. The van der Waals surface area contributed by atoms with Gasteiger partial charge in [0.1, 0.15) is 0 Å². The summed E-state index contributed by atoms with van der Waals surface area (Å²) in [4.78, 5) is 15.9. The first kappa shape index (κ1) is 13.6. The van der Waals surface area contributed by atoms with Crippen LogP contribution in [0.4, 0.5) is 0 Å². The van der Waals surface area contributed by atoms with Gasteiger partial charge < -0.3 is 10.6 Å². The first-order valence-electron chi connectivity index (χ1n) is 6.66. The molecule has 1 saturated carbocycles. The van der Waals surface area contributed by atoms with Crippen LogP contribution in [0.5, 0.6) is 0 Å². The Hall–Kier alpha value is -0.870. The van der Waals surface area contributed by atoms with E-state index in [1.165, 1.54) is 4.88 Å². The van der Waals surface area contributed by atoms with E-state index in [1.807, 2.05) is 11.0 Å². The fourth-order valence-corrected chi connectivity index (χ4v) is 2.92. The summed E-state index contributed by atoms with van der Waals surface area (Å²) in [6, 6.07) is 4.59. The van der Waals surface area contributed by atoms with E-state index in [-0.39, 0.29) is 11.8 Å². The van der Waals surface area contributed by atoms with Gasteiger partial charge in [-0.1, -0.05) is 19.9 Å². The predicted octanol–water partition coefficient (Wildman–Crippen LogP) is 2.47. The minimum atomic E-state index is -0.0365. The molecule has 1 aromatic heterocycles. The number of rotatable bonds is 6. The van der Waals surface area contributed by atoms with Crippen molar-refractivity contribution in [2.45, 2.75) is 39.3 Å². The molecule has 0 saturated heterocycles. The van der Waals surface area contributed by atoms with Crippen LogP contribution in [0, 0.1) is 11.8 Å². The van der Waals surface area contributed by atoms with Crippen LogP contribution in [0.2, 0.25) is 0 Å². The maximum Gasteiger partial charge on any atom is 0.227 e. The molecule has 1 aliphatic rings. The summed E-state index contributed by atoms with van der Waals surface area (Å²) >= 11 is 1.72. The largest absolute Gasteiger partial charge is 0.334 e. The molecule has 0 spiro atoms. The van der Waals surface area contributed by atoms with Crippen LogP contribution in [0.15, 0.2) is 17.5 Å². The fraction of sp³-hybridized carbons (Fsp3) is 0.643. The summed E-state index contributed by atoms with van der Waals surface area (Å²) in [5, 5.41) is 2.06. The molecule has 0 radical (unpaired) electrons. The van der Waals surface area contributed by atoms with Crippen molar-refractivity contribution < 1.29 is 4.79 Å². The number of carbonyl (C=O) groups is 1. The van der Waals surface area contributed by atoms with Gasteiger partial charge in [0.05, 0.1) is 12.5 Å². The van der Waals surface area contributed by atoms with Gasteiger partial charge >= 0.3 is 0 Å². The van der Waals surface area contributed by atoms with Crippen LogP contribution < -0.4 is 5.73 Å². The summed E-state index contributed by atoms with van der Waals surface area (Å²) in [6.45, 7) is 5.35. The van der Waals surface area contributed by atoms with Gasteiger partial charge in [-0.2, -0.15) is 0 Å². The van der Waals surface area contributed by atoms with Crippen LogP contribution in [0.1, 0.15) is 31.6 Å². The van der Waals surface area contributed by atoms with Crippen molar-refractivity contribution in [1.82, 2.24) is 4.90 Å². The molecule has 4 heteroatoms. The third kappa shape index (κ3) is 3.12. The normalized spacial score (nSPS) is 16.9. The van der Waals surface area contributed by atoms with Crippen molar-refractivity contribution >= 4 is 17.2 Å². The molecule has 1 aromatic rings. The van der Waals surface area contributed by atoms with Gasteiger partial charge in [-0.3, -0.25) is 4.79 Å². The number of nitrogens with zero attached hydrogens (tertiary/aromatic N) is 1. The Morgan fingerprint density at radius 1 is 1.56 bits per heavy atom. The molecule has 18 heavy (non-hydrogen) atoms. The van der Waals surface area contributed by atoms with E-state index in [1.54, 1.807) is 11.3 Å². The summed E-state index contributed by atoms with van der Waals surface area (Å²) in [7, 11) is 0. The summed E-state index contributed by atoms with van der Waals surface area (Å²) in [5.74, 6) is 0.515. The van der Waals surface area contributed by atoms with Crippen molar-refractivity contribution in [2.75, 3.05) is 6.54 Å². The standard InChI is InChI=1S/C14H22N2OS/c1-10(2)13(8-15)14(17)16(11-5-6-11)9-12-4-3-7-18-12/h3-4,7,10-11,13H,5-6,8-9,15H2,1-2H3. The second kappa shape index (κ2) is 5.85. The van der Waals surface area contributed by atoms with E-state index in [0.717, 1.165) is 19.4 Å². The molecule has 0 aromatic carbocycles.